The first-order chi connectivity index (χ1) is 10.0. The Balaban J connectivity index is 2.04. The fraction of sp³-hybridized carbons (Fsp3) is 0.462. The number of nitrogens with two attached hydrogens (primary N) is 1. The number of hydrogen-bond acceptors (Lipinski definition) is 7. The Morgan fingerprint density at radius 1 is 1.52 bits per heavy atom. The number of aromatic nitrogens is 2. The summed E-state index contributed by atoms with van der Waals surface area (Å²) >= 11 is 2.85. The van der Waals surface area contributed by atoms with Gasteiger partial charge in [0.1, 0.15) is 10.7 Å². The SMILES string of the molecule is CCCN(C)c1nc(N)c(C(=O)NCc2scnc2C)s1. The molecule has 0 aliphatic rings. The van der Waals surface area contributed by atoms with E-state index in [1.807, 2.05) is 18.9 Å². The van der Waals surface area contributed by atoms with Crippen molar-refractivity contribution in [1.82, 2.24) is 15.3 Å². The molecule has 0 fully saturated rings. The van der Waals surface area contributed by atoms with E-state index in [9.17, 15) is 4.79 Å². The summed E-state index contributed by atoms with van der Waals surface area (Å²) in [5, 5.41) is 3.64. The number of thiazole rings is 2. The number of carbonyl (C=O) groups is 1. The molecular formula is C13H19N5OS2. The van der Waals surface area contributed by atoms with Crippen LogP contribution < -0.4 is 16.0 Å². The minimum Gasteiger partial charge on any atom is -0.382 e. The van der Waals surface area contributed by atoms with Gasteiger partial charge in [-0.05, 0) is 13.3 Å². The average molecular weight is 325 g/mol. The number of rotatable bonds is 6. The molecule has 2 rings (SSSR count). The Bertz CT molecular complexity index is 622. The van der Waals surface area contributed by atoms with Crippen LogP contribution in [0.3, 0.4) is 0 Å². The molecule has 0 atom stereocenters. The first kappa shape index (κ1) is 15.7. The Morgan fingerprint density at radius 2 is 2.29 bits per heavy atom. The highest BCUT2D eigenvalue weighted by Gasteiger charge is 2.18. The second-order valence-electron chi connectivity index (χ2n) is 4.68. The zero-order chi connectivity index (χ0) is 15.4. The van der Waals surface area contributed by atoms with Crippen LogP contribution in [0.2, 0.25) is 0 Å². The summed E-state index contributed by atoms with van der Waals surface area (Å²) in [6, 6.07) is 0. The van der Waals surface area contributed by atoms with Crippen LogP contribution in [0.15, 0.2) is 5.51 Å². The van der Waals surface area contributed by atoms with Crippen molar-refractivity contribution in [2.75, 3.05) is 24.2 Å². The molecule has 0 spiro atoms. The quantitative estimate of drug-likeness (QED) is 0.851. The zero-order valence-electron chi connectivity index (χ0n) is 12.3. The molecule has 0 aliphatic carbocycles. The Kier molecular flexibility index (Phi) is 5.13. The molecule has 0 bridgehead atoms. The molecule has 8 heteroatoms. The normalized spacial score (nSPS) is 10.6. The van der Waals surface area contributed by atoms with Gasteiger partial charge in [0.25, 0.3) is 5.91 Å². The van der Waals surface area contributed by atoms with Gasteiger partial charge >= 0.3 is 0 Å². The van der Waals surface area contributed by atoms with E-state index in [4.69, 9.17) is 5.73 Å². The van der Waals surface area contributed by atoms with Crippen LogP contribution in [0, 0.1) is 6.92 Å². The first-order valence-electron chi connectivity index (χ1n) is 6.67. The molecule has 0 saturated carbocycles. The third kappa shape index (κ3) is 3.70. The van der Waals surface area contributed by atoms with Crippen LogP contribution in [0.5, 0.6) is 0 Å². The van der Waals surface area contributed by atoms with Crippen molar-refractivity contribution in [3.8, 4) is 0 Å². The molecule has 2 aromatic heterocycles. The van der Waals surface area contributed by atoms with Crippen molar-refractivity contribution in [3.63, 3.8) is 0 Å². The van der Waals surface area contributed by atoms with E-state index in [-0.39, 0.29) is 11.7 Å². The predicted octanol–water partition coefficient (Wildman–Crippen LogP) is 2.27. The number of anilines is 2. The number of amides is 1. The lowest BCUT2D eigenvalue weighted by atomic mass is 10.4. The third-order valence-corrected chi connectivity index (χ3v) is 5.11. The van der Waals surface area contributed by atoms with E-state index in [0.29, 0.717) is 11.4 Å². The predicted molar refractivity (Wildman–Crippen MR) is 88.1 cm³/mol. The van der Waals surface area contributed by atoms with Crippen molar-refractivity contribution >= 4 is 39.5 Å². The molecule has 2 heterocycles. The molecule has 0 aromatic carbocycles. The van der Waals surface area contributed by atoms with Gasteiger partial charge in [-0.3, -0.25) is 4.79 Å². The highest BCUT2D eigenvalue weighted by molar-refractivity contribution is 7.18. The standard InChI is InChI=1S/C13H19N5OS2/c1-4-5-18(3)13-17-11(14)10(21-13)12(19)15-6-9-8(2)16-7-20-9/h7H,4-6,14H2,1-3H3,(H,15,19). The van der Waals surface area contributed by atoms with Crippen LogP contribution >= 0.6 is 22.7 Å². The summed E-state index contributed by atoms with van der Waals surface area (Å²) in [6.45, 7) is 5.37. The fourth-order valence-corrected chi connectivity index (χ4v) is 3.42. The minimum atomic E-state index is -0.186. The number of nitrogens with one attached hydrogen (secondary N) is 1. The summed E-state index contributed by atoms with van der Waals surface area (Å²) in [5.41, 5.74) is 8.58. The van der Waals surface area contributed by atoms with Crippen LogP contribution in [0.25, 0.3) is 0 Å². The van der Waals surface area contributed by atoms with Gasteiger partial charge in [0.15, 0.2) is 5.13 Å². The molecule has 0 aliphatic heterocycles. The summed E-state index contributed by atoms with van der Waals surface area (Å²) in [7, 11) is 1.95. The number of nitrogen functional groups attached to an aromatic ring is 1. The zero-order valence-corrected chi connectivity index (χ0v) is 14.0. The summed E-state index contributed by atoms with van der Waals surface area (Å²) in [4.78, 5) is 24.2. The number of nitrogens with zero attached hydrogens (tertiary/aromatic N) is 3. The van der Waals surface area contributed by atoms with E-state index in [1.165, 1.54) is 22.7 Å². The van der Waals surface area contributed by atoms with E-state index >= 15 is 0 Å². The molecular weight excluding hydrogens is 306 g/mol. The minimum absolute atomic E-state index is 0.186. The van der Waals surface area contributed by atoms with Gasteiger partial charge in [0, 0.05) is 18.5 Å². The second kappa shape index (κ2) is 6.86. The van der Waals surface area contributed by atoms with E-state index in [1.54, 1.807) is 5.51 Å². The maximum absolute atomic E-state index is 12.2. The molecule has 21 heavy (non-hydrogen) atoms. The van der Waals surface area contributed by atoms with Gasteiger partial charge in [-0.1, -0.05) is 18.3 Å². The smallest absolute Gasteiger partial charge is 0.265 e. The van der Waals surface area contributed by atoms with Crippen molar-refractivity contribution in [2.45, 2.75) is 26.8 Å². The monoisotopic (exact) mass is 325 g/mol. The Morgan fingerprint density at radius 3 is 2.90 bits per heavy atom. The number of aryl methyl sites for hydroxylation is 1. The molecule has 0 unspecified atom stereocenters. The van der Waals surface area contributed by atoms with Gasteiger partial charge in [0.05, 0.1) is 17.7 Å². The topological polar surface area (TPSA) is 84.1 Å². The highest BCUT2D eigenvalue weighted by Crippen LogP contribution is 2.27. The largest absolute Gasteiger partial charge is 0.382 e. The maximum Gasteiger partial charge on any atom is 0.265 e. The molecule has 3 N–H and O–H groups in total. The van der Waals surface area contributed by atoms with Gasteiger partial charge < -0.3 is 16.0 Å². The van der Waals surface area contributed by atoms with Crippen LogP contribution in [0.1, 0.15) is 33.6 Å². The summed E-state index contributed by atoms with van der Waals surface area (Å²) in [6.07, 6.45) is 1.02. The van der Waals surface area contributed by atoms with Gasteiger partial charge in [-0.2, -0.15) is 0 Å². The molecule has 114 valence electrons. The average Bonchev–Trinajstić information content (AvgIpc) is 3.02. The van der Waals surface area contributed by atoms with Crippen LogP contribution in [-0.4, -0.2) is 29.5 Å². The number of carbonyl (C=O) groups excluding carboxylic acids is 1. The lowest BCUT2D eigenvalue weighted by Crippen LogP contribution is -2.22. The fourth-order valence-electron chi connectivity index (χ4n) is 1.81. The molecule has 6 nitrogen and oxygen atoms in total. The molecule has 2 aromatic rings. The van der Waals surface area contributed by atoms with Crippen LogP contribution in [-0.2, 0) is 6.54 Å². The van der Waals surface area contributed by atoms with E-state index in [0.717, 1.165) is 28.7 Å². The number of hydrogen-bond donors (Lipinski definition) is 2. The third-order valence-electron chi connectivity index (χ3n) is 2.99. The van der Waals surface area contributed by atoms with Crippen LogP contribution in [0.4, 0.5) is 10.9 Å². The van der Waals surface area contributed by atoms with Gasteiger partial charge in [-0.15, -0.1) is 11.3 Å². The maximum atomic E-state index is 12.2. The molecule has 0 saturated heterocycles. The van der Waals surface area contributed by atoms with Gasteiger partial charge in [0.2, 0.25) is 0 Å². The lowest BCUT2D eigenvalue weighted by Gasteiger charge is -2.13. The van der Waals surface area contributed by atoms with Crippen molar-refractivity contribution in [3.05, 3.63) is 21.0 Å². The van der Waals surface area contributed by atoms with E-state index < -0.39 is 0 Å². The summed E-state index contributed by atoms with van der Waals surface area (Å²) < 4.78 is 0. The summed E-state index contributed by atoms with van der Waals surface area (Å²) in [5.74, 6) is 0.102. The molecule has 0 radical (unpaired) electrons. The van der Waals surface area contributed by atoms with Crippen molar-refractivity contribution in [2.24, 2.45) is 0 Å². The molecule has 1 amide bonds. The second-order valence-corrected chi connectivity index (χ2v) is 6.59. The first-order valence-corrected chi connectivity index (χ1v) is 8.37. The lowest BCUT2D eigenvalue weighted by molar-refractivity contribution is 0.0956. The van der Waals surface area contributed by atoms with E-state index in [2.05, 4.69) is 22.2 Å². The van der Waals surface area contributed by atoms with Crippen molar-refractivity contribution in [1.29, 1.82) is 0 Å². The highest BCUT2D eigenvalue weighted by atomic mass is 32.1. The Labute approximate surface area is 132 Å². The van der Waals surface area contributed by atoms with Gasteiger partial charge in [-0.25, -0.2) is 9.97 Å². The van der Waals surface area contributed by atoms with Crippen molar-refractivity contribution < 1.29 is 4.79 Å². The Hall–Kier alpha value is -1.67.